The molecule has 2 atom stereocenters. The lowest BCUT2D eigenvalue weighted by Crippen LogP contribution is -2.44. The normalized spacial score (nSPS) is 25.4. The van der Waals surface area contributed by atoms with Crippen LogP contribution in [-0.2, 0) is 4.79 Å². The first kappa shape index (κ1) is 11.2. The standard InChI is InChI=1S/C11H13ClN2O2/c12-9-7-14(6-4-8(9)11(15)16)10-3-1-2-5-13-10/h1-3,5,8-9H,4,6-7H2,(H,15,16). The zero-order valence-electron chi connectivity index (χ0n) is 8.71. The molecule has 2 heterocycles. The van der Waals surface area contributed by atoms with Crippen LogP contribution in [0.2, 0.25) is 0 Å². The van der Waals surface area contributed by atoms with Crippen molar-refractivity contribution < 1.29 is 9.90 Å². The topological polar surface area (TPSA) is 53.4 Å². The van der Waals surface area contributed by atoms with Gasteiger partial charge in [0.2, 0.25) is 0 Å². The smallest absolute Gasteiger partial charge is 0.308 e. The minimum Gasteiger partial charge on any atom is -0.481 e. The molecule has 0 aromatic carbocycles. The number of alkyl halides is 1. The zero-order chi connectivity index (χ0) is 11.5. The lowest BCUT2D eigenvalue weighted by Gasteiger charge is -2.34. The number of hydrogen-bond acceptors (Lipinski definition) is 3. The fraction of sp³-hybridized carbons (Fsp3) is 0.455. The molecule has 0 amide bonds. The van der Waals surface area contributed by atoms with Crippen molar-refractivity contribution in [2.24, 2.45) is 5.92 Å². The number of carboxylic acid groups (broad SMARTS) is 1. The number of pyridine rings is 1. The molecule has 86 valence electrons. The lowest BCUT2D eigenvalue weighted by atomic mass is 9.96. The highest BCUT2D eigenvalue weighted by atomic mass is 35.5. The second-order valence-electron chi connectivity index (χ2n) is 3.88. The maximum atomic E-state index is 10.9. The van der Waals surface area contributed by atoms with Gasteiger partial charge in [0, 0.05) is 19.3 Å². The van der Waals surface area contributed by atoms with Crippen LogP contribution in [0, 0.1) is 5.92 Å². The molecule has 1 aromatic heterocycles. The Morgan fingerprint density at radius 1 is 1.56 bits per heavy atom. The Hall–Kier alpha value is -1.29. The largest absolute Gasteiger partial charge is 0.481 e. The molecule has 1 fully saturated rings. The second kappa shape index (κ2) is 4.70. The van der Waals surface area contributed by atoms with Crippen molar-refractivity contribution in [1.82, 2.24) is 4.98 Å². The average Bonchev–Trinajstić information content (AvgIpc) is 2.29. The highest BCUT2D eigenvalue weighted by Crippen LogP contribution is 2.25. The third-order valence-corrected chi connectivity index (χ3v) is 3.27. The molecule has 2 rings (SSSR count). The van der Waals surface area contributed by atoms with Crippen molar-refractivity contribution in [3.8, 4) is 0 Å². The van der Waals surface area contributed by atoms with Crippen LogP contribution in [-0.4, -0.2) is 34.5 Å². The number of nitrogens with zero attached hydrogens (tertiary/aromatic N) is 2. The third kappa shape index (κ3) is 2.27. The number of rotatable bonds is 2. The van der Waals surface area contributed by atoms with Gasteiger partial charge in [-0.15, -0.1) is 11.6 Å². The number of piperidine rings is 1. The van der Waals surface area contributed by atoms with E-state index in [2.05, 4.69) is 4.98 Å². The minimum atomic E-state index is -0.805. The predicted octanol–water partition coefficient (Wildman–Crippen LogP) is 1.60. The van der Waals surface area contributed by atoms with Gasteiger partial charge in [-0.1, -0.05) is 6.07 Å². The number of carboxylic acids is 1. The summed E-state index contributed by atoms with van der Waals surface area (Å²) in [7, 11) is 0. The minimum absolute atomic E-state index is 0.353. The summed E-state index contributed by atoms with van der Waals surface area (Å²) in [5.41, 5.74) is 0. The van der Waals surface area contributed by atoms with Crippen LogP contribution in [0.1, 0.15) is 6.42 Å². The number of halogens is 1. The molecular formula is C11H13ClN2O2. The fourth-order valence-corrected chi connectivity index (χ4v) is 2.33. The van der Waals surface area contributed by atoms with Crippen LogP contribution < -0.4 is 4.90 Å². The van der Waals surface area contributed by atoms with Gasteiger partial charge in [-0.25, -0.2) is 4.98 Å². The summed E-state index contributed by atoms with van der Waals surface area (Å²) in [4.78, 5) is 17.1. The Bertz CT molecular complexity index is 372. The van der Waals surface area contributed by atoms with Crippen molar-refractivity contribution in [3.05, 3.63) is 24.4 Å². The van der Waals surface area contributed by atoms with E-state index in [9.17, 15) is 4.79 Å². The van der Waals surface area contributed by atoms with E-state index >= 15 is 0 Å². The summed E-state index contributed by atoms with van der Waals surface area (Å²) in [6.45, 7) is 1.23. The zero-order valence-corrected chi connectivity index (χ0v) is 9.47. The van der Waals surface area contributed by atoms with E-state index < -0.39 is 11.9 Å². The molecule has 1 aliphatic rings. The van der Waals surface area contributed by atoms with Gasteiger partial charge < -0.3 is 10.0 Å². The first-order valence-corrected chi connectivity index (χ1v) is 5.65. The molecule has 4 nitrogen and oxygen atoms in total. The number of carbonyl (C=O) groups is 1. The summed E-state index contributed by atoms with van der Waals surface area (Å²) in [6, 6.07) is 5.67. The molecule has 1 saturated heterocycles. The van der Waals surface area contributed by atoms with E-state index in [-0.39, 0.29) is 5.38 Å². The second-order valence-corrected chi connectivity index (χ2v) is 4.44. The molecule has 1 aliphatic heterocycles. The molecule has 0 radical (unpaired) electrons. The summed E-state index contributed by atoms with van der Waals surface area (Å²) in [6.07, 6.45) is 2.29. The third-order valence-electron chi connectivity index (χ3n) is 2.83. The Kier molecular flexibility index (Phi) is 3.29. The molecule has 0 bridgehead atoms. The van der Waals surface area contributed by atoms with Crippen LogP contribution in [0.4, 0.5) is 5.82 Å². The van der Waals surface area contributed by atoms with Gasteiger partial charge in [0.25, 0.3) is 0 Å². The van der Waals surface area contributed by atoms with Crippen LogP contribution in [0.15, 0.2) is 24.4 Å². The van der Waals surface area contributed by atoms with E-state index in [0.717, 1.165) is 5.82 Å². The average molecular weight is 241 g/mol. The van der Waals surface area contributed by atoms with E-state index in [4.69, 9.17) is 16.7 Å². The van der Waals surface area contributed by atoms with Crippen LogP contribution in [0.5, 0.6) is 0 Å². The molecule has 1 aromatic rings. The predicted molar refractivity (Wildman–Crippen MR) is 61.8 cm³/mol. The number of aliphatic carboxylic acids is 1. The quantitative estimate of drug-likeness (QED) is 0.798. The summed E-state index contributed by atoms with van der Waals surface area (Å²) >= 11 is 6.07. The Labute approximate surface area is 98.9 Å². The van der Waals surface area contributed by atoms with Gasteiger partial charge in [-0.2, -0.15) is 0 Å². The highest BCUT2D eigenvalue weighted by molar-refractivity contribution is 6.22. The van der Waals surface area contributed by atoms with Crippen molar-refractivity contribution in [3.63, 3.8) is 0 Å². The van der Waals surface area contributed by atoms with Gasteiger partial charge >= 0.3 is 5.97 Å². The van der Waals surface area contributed by atoms with E-state index in [0.29, 0.717) is 19.5 Å². The number of aromatic nitrogens is 1. The van der Waals surface area contributed by atoms with Gasteiger partial charge in [0.05, 0.1) is 11.3 Å². The van der Waals surface area contributed by atoms with E-state index in [1.807, 2.05) is 23.1 Å². The van der Waals surface area contributed by atoms with Crippen molar-refractivity contribution >= 4 is 23.4 Å². The maximum Gasteiger partial charge on any atom is 0.308 e. The van der Waals surface area contributed by atoms with Gasteiger partial charge in [-0.3, -0.25) is 4.79 Å². The van der Waals surface area contributed by atoms with Crippen LogP contribution >= 0.6 is 11.6 Å². The Balaban J connectivity index is 2.05. The molecule has 5 heteroatoms. The summed E-state index contributed by atoms with van der Waals surface area (Å²) in [5, 5.41) is 8.59. The van der Waals surface area contributed by atoms with Gasteiger partial charge in [0.1, 0.15) is 5.82 Å². The molecule has 0 spiro atoms. The van der Waals surface area contributed by atoms with Gasteiger partial charge in [0.15, 0.2) is 0 Å². The summed E-state index contributed by atoms with van der Waals surface area (Å²) < 4.78 is 0. The van der Waals surface area contributed by atoms with Crippen molar-refractivity contribution in [2.45, 2.75) is 11.8 Å². The SMILES string of the molecule is O=C(O)C1CCN(c2ccccn2)CC1Cl. The first-order valence-electron chi connectivity index (χ1n) is 5.21. The molecule has 0 saturated carbocycles. The first-order chi connectivity index (χ1) is 7.68. The van der Waals surface area contributed by atoms with Crippen molar-refractivity contribution in [1.29, 1.82) is 0 Å². The number of anilines is 1. The van der Waals surface area contributed by atoms with Gasteiger partial charge in [-0.05, 0) is 18.6 Å². The molecule has 16 heavy (non-hydrogen) atoms. The molecule has 0 aliphatic carbocycles. The van der Waals surface area contributed by atoms with E-state index in [1.54, 1.807) is 6.20 Å². The highest BCUT2D eigenvalue weighted by Gasteiger charge is 2.33. The molecule has 1 N–H and O–H groups in total. The maximum absolute atomic E-state index is 10.9. The van der Waals surface area contributed by atoms with E-state index in [1.165, 1.54) is 0 Å². The molecule has 2 unspecified atom stereocenters. The Morgan fingerprint density at radius 3 is 2.94 bits per heavy atom. The lowest BCUT2D eigenvalue weighted by molar-refractivity contribution is -0.142. The monoisotopic (exact) mass is 240 g/mol. The number of hydrogen-bond donors (Lipinski definition) is 1. The Morgan fingerprint density at radius 2 is 2.38 bits per heavy atom. The fourth-order valence-electron chi connectivity index (χ4n) is 1.93. The van der Waals surface area contributed by atoms with Crippen molar-refractivity contribution in [2.75, 3.05) is 18.0 Å². The molecular weight excluding hydrogens is 228 g/mol. The summed E-state index contributed by atoms with van der Waals surface area (Å²) in [5.74, 6) is -0.390. The van der Waals surface area contributed by atoms with Crippen LogP contribution in [0.25, 0.3) is 0 Å². The van der Waals surface area contributed by atoms with Crippen LogP contribution in [0.3, 0.4) is 0 Å².